The highest BCUT2D eigenvalue weighted by atomic mass is 127. The first kappa shape index (κ1) is 11.6. The van der Waals surface area contributed by atoms with Crippen molar-refractivity contribution in [2.24, 2.45) is 0 Å². The van der Waals surface area contributed by atoms with Crippen molar-refractivity contribution in [3.63, 3.8) is 0 Å². The molecule has 0 atom stereocenters. The SMILES string of the molecule is CC(C)(C)c1ccc2c(=O)[nH]cc(I)c2n1. The van der Waals surface area contributed by atoms with Gasteiger partial charge in [0.25, 0.3) is 5.56 Å². The van der Waals surface area contributed by atoms with Crippen molar-refractivity contribution in [2.75, 3.05) is 0 Å². The number of nitrogens with one attached hydrogen (secondary N) is 1. The molecule has 0 aliphatic rings. The first-order valence-electron chi connectivity index (χ1n) is 5.08. The van der Waals surface area contributed by atoms with Crippen molar-refractivity contribution in [3.05, 3.63) is 37.9 Å². The van der Waals surface area contributed by atoms with E-state index < -0.39 is 0 Å². The lowest BCUT2D eigenvalue weighted by Crippen LogP contribution is -2.15. The number of rotatable bonds is 0. The topological polar surface area (TPSA) is 45.8 Å². The Hall–Kier alpha value is -0.910. The fourth-order valence-corrected chi connectivity index (χ4v) is 2.08. The third-order valence-corrected chi connectivity index (χ3v) is 3.29. The molecule has 1 N–H and O–H groups in total. The Morgan fingerprint density at radius 3 is 2.62 bits per heavy atom. The molecule has 0 bridgehead atoms. The molecule has 3 nitrogen and oxygen atoms in total. The van der Waals surface area contributed by atoms with Crippen molar-refractivity contribution in [2.45, 2.75) is 26.2 Å². The summed E-state index contributed by atoms with van der Waals surface area (Å²) in [6, 6.07) is 3.78. The molecule has 2 rings (SSSR count). The molecule has 0 saturated carbocycles. The minimum atomic E-state index is -0.0802. The molecule has 2 aromatic heterocycles. The number of aromatic amines is 1. The van der Waals surface area contributed by atoms with Crippen LogP contribution in [0.1, 0.15) is 26.5 Å². The Morgan fingerprint density at radius 2 is 2.00 bits per heavy atom. The molecule has 0 amide bonds. The van der Waals surface area contributed by atoms with Crippen LogP contribution in [0, 0.1) is 3.57 Å². The van der Waals surface area contributed by atoms with Crippen LogP contribution in [0.4, 0.5) is 0 Å². The number of hydrogen-bond donors (Lipinski definition) is 1. The van der Waals surface area contributed by atoms with Gasteiger partial charge in [-0.3, -0.25) is 9.78 Å². The van der Waals surface area contributed by atoms with Crippen molar-refractivity contribution >= 4 is 33.5 Å². The Morgan fingerprint density at radius 1 is 1.31 bits per heavy atom. The third kappa shape index (κ3) is 1.98. The molecule has 0 aliphatic carbocycles. The standard InChI is InChI=1S/C12H13IN2O/c1-12(2,3)9-5-4-7-10(15-9)8(13)6-14-11(7)16/h4-6H,1-3H3,(H,14,16). The molecule has 0 aromatic carbocycles. The Kier molecular flexibility index (Phi) is 2.77. The summed E-state index contributed by atoms with van der Waals surface area (Å²) in [5, 5.41) is 0.653. The molecule has 84 valence electrons. The molecule has 0 aliphatic heterocycles. The summed E-state index contributed by atoms with van der Waals surface area (Å²) < 4.78 is 0.971. The van der Waals surface area contributed by atoms with Crippen LogP contribution in [-0.4, -0.2) is 9.97 Å². The van der Waals surface area contributed by atoms with E-state index in [4.69, 9.17) is 0 Å². The van der Waals surface area contributed by atoms with Gasteiger partial charge in [-0.05, 0) is 34.7 Å². The van der Waals surface area contributed by atoms with E-state index in [-0.39, 0.29) is 11.0 Å². The van der Waals surface area contributed by atoms with E-state index in [0.717, 1.165) is 14.8 Å². The van der Waals surface area contributed by atoms with Gasteiger partial charge in [0.2, 0.25) is 0 Å². The van der Waals surface area contributed by atoms with E-state index in [0.29, 0.717) is 5.39 Å². The highest BCUT2D eigenvalue weighted by Gasteiger charge is 2.16. The maximum absolute atomic E-state index is 11.6. The molecule has 4 heteroatoms. The van der Waals surface area contributed by atoms with E-state index in [2.05, 4.69) is 53.3 Å². The van der Waals surface area contributed by atoms with Crippen LogP contribution in [0.15, 0.2) is 23.1 Å². The summed E-state index contributed by atoms with van der Waals surface area (Å²) in [7, 11) is 0. The predicted molar refractivity (Wildman–Crippen MR) is 73.8 cm³/mol. The van der Waals surface area contributed by atoms with Gasteiger partial charge >= 0.3 is 0 Å². The van der Waals surface area contributed by atoms with E-state index in [1.165, 1.54) is 0 Å². The van der Waals surface area contributed by atoms with Gasteiger partial charge in [-0.25, -0.2) is 0 Å². The normalized spacial score (nSPS) is 12.0. The Balaban J connectivity index is 2.81. The molecule has 0 saturated heterocycles. The fraction of sp³-hybridized carbons (Fsp3) is 0.333. The van der Waals surface area contributed by atoms with Crippen LogP contribution in [0.25, 0.3) is 10.9 Å². The maximum atomic E-state index is 11.6. The highest BCUT2D eigenvalue weighted by Crippen LogP contribution is 2.23. The monoisotopic (exact) mass is 328 g/mol. The minimum absolute atomic E-state index is 0.000126. The first-order valence-corrected chi connectivity index (χ1v) is 6.16. The second kappa shape index (κ2) is 3.84. The Labute approximate surface area is 107 Å². The second-order valence-electron chi connectivity index (χ2n) is 4.81. The zero-order valence-corrected chi connectivity index (χ0v) is 11.6. The lowest BCUT2D eigenvalue weighted by Gasteiger charge is -2.17. The van der Waals surface area contributed by atoms with Crippen LogP contribution < -0.4 is 5.56 Å². The zero-order chi connectivity index (χ0) is 11.9. The van der Waals surface area contributed by atoms with Gasteiger partial charge in [0.1, 0.15) is 0 Å². The molecule has 2 heterocycles. The molecular weight excluding hydrogens is 315 g/mol. The molecule has 0 radical (unpaired) electrons. The summed E-state index contributed by atoms with van der Waals surface area (Å²) >= 11 is 2.19. The van der Waals surface area contributed by atoms with Crippen molar-refractivity contribution in [1.82, 2.24) is 9.97 Å². The fourth-order valence-electron chi connectivity index (χ4n) is 1.52. The molecule has 0 fully saturated rings. The molecular formula is C12H13IN2O. The number of halogens is 1. The second-order valence-corrected chi connectivity index (χ2v) is 5.97. The number of H-pyrrole nitrogens is 1. The smallest absolute Gasteiger partial charge is 0.257 e. The van der Waals surface area contributed by atoms with Crippen molar-refractivity contribution in [3.8, 4) is 0 Å². The van der Waals surface area contributed by atoms with Gasteiger partial charge in [0, 0.05) is 17.3 Å². The molecule has 0 unspecified atom stereocenters. The molecule has 2 aromatic rings. The quantitative estimate of drug-likeness (QED) is 0.756. The zero-order valence-electron chi connectivity index (χ0n) is 9.47. The third-order valence-electron chi connectivity index (χ3n) is 2.46. The van der Waals surface area contributed by atoms with Crippen LogP contribution >= 0.6 is 22.6 Å². The molecule has 16 heavy (non-hydrogen) atoms. The lowest BCUT2D eigenvalue weighted by molar-refractivity contribution is 0.571. The van der Waals surface area contributed by atoms with E-state index in [9.17, 15) is 4.79 Å². The highest BCUT2D eigenvalue weighted by molar-refractivity contribution is 14.1. The van der Waals surface area contributed by atoms with Gasteiger partial charge in [-0.2, -0.15) is 0 Å². The lowest BCUT2D eigenvalue weighted by atomic mass is 9.91. The van der Waals surface area contributed by atoms with Crippen LogP contribution in [0.5, 0.6) is 0 Å². The van der Waals surface area contributed by atoms with E-state index in [1.54, 1.807) is 6.20 Å². The summed E-state index contributed by atoms with van der Waals surface area (Å²) in [4.78, 5) is 18.9. The van der Waals surface area contributed by atoms with Crippen molar-refractivity contribution in [1.29, 1.82) is 0 Å². The van der Waals surface area contributed by atoms with E-state index >= 15 is 0 Å². The Bertz CT molecular complexity index is 596. The summed E-state index contributed by atoms with van der Waals surface area (Å²) in [6.45, 7) is 6.34. The maximum Gasteiger partial charge on any atom is 0.257 e. The van der Waals surface area contributed by atoms with Gasteiger partial charge in [0.15, 0.2) is 0 Å². The summed E-state index contributed by atoms with van der Waals surface area (Å²) in [6.07, 6.45) is 1.70. The van der Waals surface area contributed by atoms with Gasteiger partial charge in [-0.1, -0.05) is 20.8 Å². The van der Waals surface area contributed by atoms with Gasteiger partial charge in [-0.15, -0.1) is 0 Å². The van der Waals surface area contributed by atoms with Crippen LogP contribution in [0.2, 0.25) is 0 Å². The number of hydrogen-bond acceptors (Lipinski definition) is 2. The van der Waals surface area contributed by atoms with Crippen molar-refractivity contribution < 1.29 is 0 Å². The average Bonchev–Trinajstić information content (AvgIpc) is 2.22. The minimum Gasteiger partial charge on any atom is -0.327 e. The van der Waals surface area contributed by atoms with Crippen LogP contribution in [-0.2, 0) is 5.41 Å². The number of aromatic nitrogens is 2. The number of nitrogens with zero attached hydrogens (tertiary/aromatic N) is 1. The van der Waals surface area contributed by atoms with Gasteiger partial charge < -0.3 is 4.98 Å². The van der Waals surface area contributed by atoms with Gasteiger partial charge in [0.05, 0.1) is 14.5 Å². The van der Waals surface area contributed by atoms with Crippen LogP contribution in [0.3, 0.4) is 0 Å². The first-order chi connectivity index (χ1) is 7.39. The summed E-state index contributed by atoms with van der Waals surface area (Å²) in [5.74, 6) is 0. The average molecular weight is 328 g/mol. The predicted octanol–water partition coefficient (Wildman–Crippen LogP) is 2.83. The number of fused-ring (bicyclic) bond motifs is 1. The number of pyridine rings is 2. The largest absolute Gasteiger partial charge is 0.327 e. The summed E-state index contributed by atoms with van der Waals surface area (Å²) in [5.41, 5.74) is 1.71. The van der Waals surface area contributed by atoms with E-state index in [1.807, 2.05) is 12.1 Å². The molecule has 0 spiro atoms.